The van der Waals surface area contributed by atoms with Gasteiger partial charge in [-0.15, -0.1) is 0 Å². The highest BCUT2D eigenvalue weighted by molar-refractivity contribution is 6.26. The Balaban J connectivity index is 0.847. The van der Waals surface area contributed by atoms with Crippen LogP contribution in [0.15, 0.2) is 133 Å². The normalized spacial score (nSPS) is 14.2. The van der Waals surface area contributed by atoms with Gasteiger partial charge < -0.3 is 46.4 Å². The highest BCUT2D eigenvalue weighted by Gasteiger charge is 2.22. The van der Waals surface area contributed by atoms with E-state index in [0.717, 1.165) is 160 Å². The minimum atomic E-state index is 0.266. The van der Waals surface area contributed by atoms with Gasteiger partial charge >= 0.3 is 0 Å². The maximum Gasteiger partial charge on any atom is 0.128 e. The van der Waals surface area contributed by atoms with Gasteiger partial charge in [0.1, 0.15) is 64.1 Å². The van der Waals surface area contributed by atoms with Gasteiger partial charge in [0, 0.05) is 22.3 Å². The van der Waals surface area contributed by atoms with Crippen molar-refractivity contribution in [1.82, 2.24) is 0 Å². The summed E-state index contributed by atoms with van der Waals surface area (Å²) in [7, 11) is 22.9. The average Bonchev–Trinajstić information content (AvgIpc) is 0.748. The lowest BCUT2D eigenvalue weighted by Crippen LogP contribution is -2.49. The minimum absolute atomic E-state index is 0.266. The van der Waals surface area contributed by atoms with E-state index in [1.807, 2.05) is 0 Å². The molecule has 11 rings (SSSR count). The maximum atomic E-state index is 6.48. The van der Waals surface area contributed by atoms with Crippen molar-refractivity contribution in [3.63, 3.8) is 0 Å². The van der Waals surface area contributed by atoms with E-state index >= 15 is 0 Å². The van der Waals surface area contributed by atoms with Crippen molar-refractivity contribution >= 4 is 64.6 Å². The Hall–Kier alpha value is -8.20. The molecular weight excluding hydrogens is 1140 g/mol. The van der Waals surface area contributed by atoms with E-state index in [-0.39, 0.29) is 26.4 Å². The number of ether oxygens (including phenoxy) is 6. The van der Waals surface area contributed by atoms with Crippen LogP contribution in [-0.2, 0) is 45.4 Å². The first-order chi connectivity index (χ1) is 44.3. The Morgan fingerprint density at radius 3 is 0.859 bits per heavy atom. The summed E-state index contributed by atoms with van der Waals surface area (Å²) in [5, 5.41) is 13.9. The van der Waals surface area contributed by atoms with Crippen LogP contribution in [0.3, 0.4) is 0 Å². The Morgan fingerprint density at radius 1 is 0.315 bits per heavy atom. The van der Waals surface area contributed by atoms with Gasteiger partial charge in [-0.1, -0.05) is 132 Å². The molecular formula is C82H92N4O6+4. The molecule has 0 saturated heterocycles. The molecule has 0 fully saturated rings. The van der Waals surface area contributed by atoms with Gasteiger partial charge in [0.15, 0.2) is 0 Å². The molecule has 1 heterocycles. The fourth-order valence-electron chi connectivity index (χ4n) is 12.4. The summed E-state index contributed by atoms with van der Waals surface area (Å²) in [5.74, 6) is 28.9. The molecule has 10 nitrogen and oxygen atoms in total. The SMILES string of the molecule is C[N+](C)(C)CC[N+](C)(C)CCCCOc1cc2cc(c1)COCC#Cc1ccc3ccc4c(ccc5ccc1c3c54)C#CCOCc1cc(cc(OCCCC[N+](C)(C)CC[N+](C)(C)C)c1)COCC#Cc1ccc3ccc4c(ccc5ccc1c3c54)C#CCOC2. The molecule has 0 N–H and O–H groups in total. The first-order valence-electron chi connectivity index (χ1n) is 32.7. The van der Waals surface area contributed by atoms with Crippen LogP contribution in [0.5, 0.6) is 11.5 Å². The van der Waals surface area contributed by atoms with Crippen molar-refractivity contribution < 1.29 is 46.4 Å². The summed E-state index contributed by atoms with van der Waals surface area (Å²) in [5.41, 5.74) is 7.85. The molecule has 0 spiro atoms. The number of unbranched alkanes of at least 4 members (excludes halogenated alkanes) is 2. The van der Waals surface area contributed by atoms with Crippen LogP contribution in [-0.4, -0.2) is 167 Å². The minimum Gasteiger partial charge on any atom is -0.494 e. The number of quaternary nitrogens is 4. The molecule has 10 heteroatoms. The molecule has 10 aromatic rings. The Kier molecular flexibility index (Phi) is 20.7. The molecule has 0 atom stereocenters. The van der Waals surface area contributed by atoms with E-state index in [4.69, 9.17) is 28.4 Å². The van der Waals surface area contributed by atoms with Crippen molar-refractivity contribution in [1.29, 1.82) is 0 Å². The van der Waals surface area contributed by atoms with Gasteiger partial charge in [-0.3, -0.25) is 0 Å². The summed E-state index contributed by atoms with van der Waals surface area (Å²) >= 11 is 0. The molecule has 92 heavy (non-hydrogen) atoms. The molecule has 1 aliphatic heterocycles. The van der Waals surface area contributed by atoms with Gasteiger partial charge in [0.2, 0.25) is 0 Å². The standard InChI is InChI=1S/C82H92N4O6/c1-83(2,3)41-43-85(7,8)39-11-13-49-91-73-53-61-51-62(54-73)58-88-46-16-20-66-24-28-70-34-38-78-68(26-30-72-32-36-76(66)80(70)82(72)78)22-18-48-90-60-64-52-63(55-74(56-64)92-50-14-12-40-86(9,10)44-42-84(4,5)6)59-89-47-17-21-67-25-29-71-31-35-75-65(19-15-45-87-57-61)23-27-69-33-37-77(67)81(71)79(69)75/h23-38,51-56H,11-14,39-50,57-60H2,1-10H3/q+4. The molecule has 0 aliphatic carbocycles. The number of benzene rings is 10. The van der Waals surface area contributed by atoms with E-state index in [2.05, 4.69) is 251 Å². The maximum absolute atomic E-state index is 6.48. The number of fused-ring (bicyclic) bond motifs is 4. The van der Waals surface area contributed by atoms with Crippen molar-refractivity contribution in [2.24, 2.45) is 0 Å². The van der Waals surface area contributed by atoms with Crippen molar-refractivity contribution in [2.45, 2.75) is 52.1 Å². The Labute approximate surface area is 546 Å². The van der Waals surface area contributed by atoms with E-state index < -0.39 is 0 Å². The second-order valence-corrected chi connectivity index (χ2v) is 28.4. The molecule has 16 bridgehead atoms. The zero-order valence-corrected chi connectivity index (χ0v) is 56.1. The van der Waals surface area contributed by atoms with Crippen LogP contribution in [0.4, 0.5) is 0 Å². The van der Waals surface area contributed by atoms with Crippen LogP contribution in [0.25, 0.3) is 64.6 Å². The van der Waals surface area contributed by atoms with Crippen LogP contribution in [0.1, 0.15) is 70.2 Å². The van der Waals surface area contributed by atoms with Gasteiger partial charge in [-0.25, -0.2) is 0 Å². The fraction of sp³-hybridized carbons (Fsp3) is 0.366. The third-order valence-corrected chi connectivity index (χ3v) is 17.7. The monoisotopic (exact) mass is 1230 g/mol. The third kappa shape index (κ3) is 17.3. The summed E-state index contributed by atoms with van der Waals surface area (Å²) in [6, 6.07) is 47.4. The lowest BCUT2D eigenvalue weighted by atomic mass is 9.90. The van der Waals surface area contributed by atoms with E-state index in [1.54, 1.807) is 0 Å². The second-order valence-electron chi connectivity index (χ2n) is 28.4. The third-order valence-electron chi connectivity index (χ3n) is 17.7. The van der Waals surface area contributed by atoms with E-state index in [9.17, 15) is 0 Å². The van der Waals surface area contributed by atoms with Crippen molar-refractivity contribution in [3.05, 3.63) is 178 Å². The van der Waals surface area contributed by atoms with Crippen LogP contribution in [0, 0.1) is 47.4 Å². The zero-order valence-electron chi connectivity index (χ0n) is 56.1. The number of hydrogen-bond acceptors (Lipinski definition) is 6. The number of rotatable bonds is 18. The zero-order chi connectivity index (χ0) is 64.3. The van der Waals surface area contributed by atoms with Crippen LogP contribution < -0.4 is 9.47 Å². The van der Waals surface area contributed by atoms with Crippen molar-refractivity contribution in [3.8, 4) is 58.9 Å². The van der Waals surface area contributed by atoms with Crippen LogP contribution >= 0.6 is 0 Å². The summed E-state index contributed by atoms with van der Waals surface area (Å²) in [6.45, 7) is 10.6. The molecule has 0 saturated carbocycles. The molecule has 10 aromatic carbocycles. The average molecular weight is 1230 g/mol. The number of hydrogen-bond donors (Lipinski definition) is 0. The quantitative estimate of drug-likeness (QED) is 0.0369. The van der Waals surface area contributed by atoms with Crippen molar-refractivity contribution in [2.75, 3.05) is 149 Å². The Bertz CT molecular complexity index is 3970. The molecule has 0 aromatic heterocycles. The van der Waals surface area contributed by atoms with Gasteiger partial charge in [-0.2, -0.15) is 0 Å². The summed E-state index contributed by atoms with van der Waals surface area (Å²) in [4.78, 5) is 0. The first kappa shape index (κ1) is 65.3. The lowest BCUT2D eigenvalue weighted by molar-refractivity contribution is -0.937. The van der Waals surface area contributed by atoms with E-state index in [0.29, 0.717) is 39.6 Å². The van der Waals surface area contributed by atoms with Crippen LogP contribution in [0.2, 0.25) is 0 Å². The largest absolute Gasteiger partial charge is 0.494 e. The Morgan fingerprint density at radius 2 is 0.587 bits per heavy atom. The molecule has 0 radical (unpaired) electrons. The highest BCUT2D eigenvalue weighted by atomic mass is 16.5. The second kappa shape index (κ2) is 29.2. The smallest absolute Gasteiger partial charge is 0.128 e. The predicted octanol–water partition coefficient (Wildman–Crippen LogP) is 14.0. The highest BCUT2D eigenvalue weighted by Crippen LogP contribution is 2.39. The number of nitrogens with zero attached hydrogens (tertiary/aromatic N) is 4. The van der Waals surface area contributed by atoms with Gasteiger partial charge in [0.25, 0.3) is 0 Å². The topological polar surface area (TPSA) is 55.4 Å². The first-order valence-corrected chi connectivity index (χ1v) is 32.7. The van der Waals surface area contributed by atoms with E-state index in [1.165, 1.54) is 43.1 Å². The van der Waals surface area contributed by atoms with Gasteiger partial charge in [-0.05, 0) is 161 Å². The summed E-state index contributed by atoms with van der Waals surface area (Å²) < 4.78 is 42.1. The molecule has 0 unspecified atom stereocenters. The molecule has 0 amide bonds. The number of likely N-dealkylation sites (N-methyl/N-ethyl adjacent to an activating group) is 4. The lowest BCUT2D eigenvalue weighted by Gasteiger charge is -2.33. The molecule has 1 aliphatic rings. The molecule has 472 valence electrons. The van der Waals surface area contributed by atoms with Gasteiger partial charge in [0.05, 0.1) is 123 Å². The fourth-order valence-corrected chi connectivity index (χ4v) is 12.4. The summed E-state index contributed by atoms with van der Waals surface area (Å²) in [6.07, 6.45) is 4.11. The predicted molar refractivity (Wildman–Crippen MR) is 378 cm³/mol.